The molecule has 32 heavy (non-hydrogen) atoms. The van der Waals surface area contributed by atoms with Crippen LogP contribution in [0.5, 0.6) is 5.75 Å². The van der Waals surface area contributed by atoms with Crippen molar-refractivity contribution in [3.05, 3.63) is 53.6 Å². The maximum atomic E-state index is 14.3. The van der Waals surface area contributed by atoms with Gasteiger partial charge >= 0.3 is 6.09 Å². The number of aromatic nitrogens is 3. The topological polar surface area (TPSA) is 89.8 Å². The summed E-state index contributed by atoms with van der Waals surface area (Å²) in [5.41, 5.74) is 1.74. The third-order valence-corrected chi connectivity index (χ3v) is 5.11. The van der Waals surface area contributed by atoms with Crippen molar-refractivity contribution in [3.8, 4) is 5.75 Å². The zero-order valence-corrected chi connectivity index (χ0v) is 18.7. The minimum Gasteiger partial charge on any atom is -0.489 e. The summed E-state index contributed by atoms with van der Waals surface area (Å²) in [6.07, 6.45) is 4.08. The van der Waals surface area contributed by atoms with Gasteiger partial charge in [-0.25, -0.2) is 18.7 Å². The number of benzene rings is 1. The molecule has 0 bridgehead atoms. The predicted octanol–water partition coefficient (Wildman–Crippen LogP) is 4.26. The second-order valence-electron chi connectivity index (χ2n) is 8.96. The average molecular weight is 442 g/mol. The van der Waals surface area contributed by atoms with Gasteiger partial charge in [-0.05, 0) is 45.9 Å². The summed E-state index contributed by atoms with van der Waals surface area (Å²) in [6.45, 7) is 7.81. The van der Waals surface area contributed by atoms with Gasteiger partial charge in [0.25, 0.3) is 0 Å². The summed E-state index contributed by atoms with van der Waals surface area (Å²) >= 11 is 0. The van der Waals surface area contributed by atoms with Crippen molar-refractivity contribution in [1.82, 2.24) is 19.9 Å². The first kappa shape index (κ1) is 21.9. The number of rotatable bonds is 6. The molecule has 170 valence electrons. The number of anilines is 1. The Labute approximate surface area is 186 Å². The third kappa shape index (κ3) is 5.09. The Morgan fingerprint density at radius 2 is 2.19 bits per heavy atom. The van der Waals surface area contributed by atoms with Gasteiger partial charge in [-0.2, -0.15) is 5.10 Å². The van der Waals surface area contributed by atoms with E-state index < -0.39 is 11.7 Å². The van der Waals surface area contributed by atoms with Gasteiger partial charge in [0.2, 0.25) is 0 Å². The monoisotopic (exact) mass is 441 g/mol. The second kappa shape index (κ2) is 8.64. The molecule has 2 N–H and O–H groups in total. The first-order chi connectivity index (χ1) is 15.2. The van der Waals surface area contributed by atoms with E-state index in [9.17, 15) is 9.18 Å². The van der Waals surface area contributed by atoms with Crippen molar-refractivity contribution in [2.75, 3.05) is 11.9 Å². The number of nitrogens with one attached hydrogen (secondary N) is 2. The lowest BCUT2D eigenvalue weighted by Gasteiger charge is -2.20. The number of carbonyl (C=O) groups is 1. The standard InChI is InChI=1S/C23H28FN5O3/c1-14(27-19-7-10-29-20(28-19)6-9-26-29)18-13-16(24)11-15-12-17(31-21(15)18)5-8-25-22(30)32-23(2,3)4/h6-7,9-11,13-14,17H,5,8,12H2,1-4H3,(H,25,30)(H,27,28)/t14-,17?/m1/s1. The Morgan fingerprint density at radius 3 is 2.97 bits per heavy atom. The fourth-order valence-corrected chi connectivity index (χ4v) is 3.75. The van der Waals surface area contributed by atoms with E-state index in [1.807, 2.05) is 46.0 Å². The molecule has 0 fully saturated rings. The Morgan fingerprint density at radius 1 is 1.38 bits per heavy atom. The largest absolute Gasteiger partial charge is 0.489 e. The van der Waals surface area contributed by atoms with E-state index in [4.69, 9.17) is 9.47 Å². The molecule has 1 aromatic carbocycles. The first-order valence-electron chi connectivity index (χ1n) is 10.7. The second-order valence-corrected chi connectivity index (χ2v) is 8.96. The molecular formula is C23H28FN5O3. The fraction of sp³-hybridized carbons (Fsp3) is 0.435. The van der Waals surface area contributed by atoms with Crippen molar-refractivity contribution >= 4 is 17.6 Å². The van der Waals surface area contributed by atoms with Crippen LogP contribution in [0, 0.1) is 5.82 Å². The van der Waals surface area contributed by atoms with Crippen molar-refractivity contribution in [2.45, 2.75) is 58.3 Å². The van der Waals surface area contributed by atoms with Crippen LogP contribution < -0.4 is 15.4 Å². The van der Waals surface area contributed by atoms with Crippen LogP contribution in [0.15, 0.2) is 36.7 Å². The molecule has 3 aromatic rings. The summed E-state index contributed by atoms with van der Waals surface area (Å²) in [4.78, 5) is 16.4. The van der Waals surface area contributed by atoms with E-state index in [0.717, 1.165) is 16.8 Å². The van der Waals surface area contributed by atoms with Crippen molar-refractivity contribution < 1.29 is 18.7 Å². The zero-order valence-electron chi connectivity index (χ0n) is 18.7. The number of ether oxygens (including phenoxy) is 2. The van der Waals surface area contributed by atoms with Crippen molar-refractivity contribution in [3.63, 3.8) is 0 Å². The van der Waals surface area contributed by atoms with E-state index in [1.54, 1.807) is 10.7 Å². The average Bonchev–Trinajstić information content (AvgIpc) is 3.31. The molecule has 4 rings (SSSR count). The van der Waals surface area contributed by atoms with Gasteiger partial charge in [-0.3, -0.25) is 0 Å². The molecule has 8 nitrogen and oxygen atoms in total. The highest BCUT2D eigenvalue weighted by Crippen LogP contribution is 2.38. The molecule has 2 atom stereocenters. The van der Waals surface area contributed by atoms with E-state index in [2.05, 4.69) is 20.7 Å². The smallest absolute Gasteiger partial charge is 0.407 e. The third-order valence-electron chi connectivity index (χ3n) is 5.11. The van der Waals surface area contributed by atoms with Crippen LogP contribution in [0.1, 0.15) is 51.3 Å². The number of hydrogen-bond acceptors (Lipinski definition) is 6. The summed E-state index contributed by atoms with van der Waals surface area (Å²) in [7, 11) is 0. The highest BCUT2D eigenvalue weighted by Gasteiger charge is 2.28. The predicted molar refractivity (Wildman–Crippen MR) is 118 cm³/mol. The molecule has 0 saturated carbocycles. The lowest BCUT2D eigenvalue weighted by Crippen LogP contribution is -2.34. The molecule has 9 heteroatoms. The zero-order chi connectivity index (χ0) is 22.9. The Kier molecular flexibility index (Phi) is 5.90. The number of hydrogen-bond donors (Lipinski definition) is 2. The molecule has 0 saturated heterocycles. The molecule has 0 aliphatic carbocycles. The minimum absolute atomic E-state index is 0.144. The van der Waals surface area contributed by atoms with Crippen LogP contribution in [-0.4, -0.2) is 38.9 Å². The van der Waals surface area contributed by atoms with Gasteiger partial charge in [0.1, 0.15) is 29.1 Å². The van der Waals surface area contributed by atoms with Gasteiger partial charge < -0.3 is 20.1 Å². The maximum absolute atomic E-state index is 14.3. The molecule has 1 amide bonds. The first-order valence-corrected chi connectivity index (χ1v) is 10.7. The van der Waals surface area contributed by atoms with E-state index in [1.165, 1.54) is 12.1 Å². The lowest BCUT2D eigenvalue weighted by atomic mass is 10.0. The molecule has 1 unspecified atom stereocenters. The SMILES string of the molecule is C[C@@H](Nc1ccn2nccc2n1)c1cc(F)cc2c1OC(CCNC(=O)OC(C)(C)C)C2. The normalized spacial score (nSPS) is 16.3. The molecule has 1 aliphatic rings. The number of fused-ring (bicyclic) bond motifs is 2. The summed E-state index contributed by atoms with van der Waals surface area (Å²) in [6, 6.07) is 6.42. The minimum atomic E-state index is -0.544. The highest BCUT2D eigenvalue weighted by atomic mass is 19.1. The molecular weight excluding hydrogens is 413 g/mol. The number of amides is 1. The quantitative estimate of drug-likeness (QED) is 0.594. The Balaban J connectivity index is 1.40. The number of nitrogens with zero attached hydrogens (tertiary/aromatic N) is 3. The molecule has 0 spiro atoms. The molecule has 2 aromatic heterocycles. The molecule has 3 heterocycles. The number of carbonyl (C=O) groups excluding carboxylic acids is 1. The van der Waals surface area contributed by atoms with Gasteiger partial charge in [-0.1, -0.05) is 0 Å². The van der Waals surface area contributed by atoms with E-state index in [0.29, 0.717) is 31.0 Å². The fourth-order valence-electron chi connectivity index (χ4n) is 3.75. The number of halogens is 1. The molecule has 1 aliphatic heterocycles. The summed E-state index contributed by atoms with van der Waals surface area (Å²) in [5, 5.41) is 10.2. The van der Waals surface area contributed by atoms with Crippen molar-refractivity contribution in [2.24, 2.45) is 0 Å². The van der Waals surface area contributed by atoms with Gasteiger partial charge in [0.05, 0.1) is 12.2 Å². The van der Waals surface area contributed by atoms with Crippen LogP contribution in [0.4, 0.5) is 15.0 Å². The Bertz CT molecular complexity index is 1120. The van der Waals surface area contributed by atoms with Crippen LogP contribution in [0.2, 0.25) is 0 Å². The van der Waals surface area contributed by atoms with E-state index in [-0.39, 0.29) is 18.0 Å². The van der Waals surface area contributed by atoms with Crippen LogP contribution in [0.3, 0.4) is 0 Å². The number of alkyl carbamates (subject to hydrolysis) is 1. The van der Waals surface area contributed by atoms with E-state index >= 15 is 0 Å². The lowest BCUT2D eigenvalue weighted by molar-refractivity contribution is 0.0522. The molecule has 0 radical (unpaired) electrons. The maximum Gasteiger partial charge on any atom is 0.407 e. The van der Waals surface area contributed by atoms with Crippen LogP contribution in [-0.2, 0) is 11.2 Å². The van der Waals surface area contributed by atoms with Crippen LogP contribution >= 0.6 is 0 Å². The Hall–Kier alpha value is -3.36. The van der Waals surface area contributed by atoms with Gasteiger partial charge in [-0.15, -0.1) is 0 Å². The highest BCUT2D eigenvalue weighted by molar-refractivity contribution is 5.67. The van der Waals surface area contributed by atoms with Crippen molar-refractivity contribution in [1.29, 1.82) is 0 Å². The van der Waals surface area contributed by atoms with Crippen LogP contribution in [0.25, 0.3) is 5.65 Å². The summed E-state index contributed by atoms with van der Waals surface area (Å²) < 4.78 is 27.4. The van der Waals surface area contributed by atoms with Gasteiger partial charge in [0, 0.05) is 42.8 Å². The van der Waals surface area contributed by atoms with Gasteiger partial charge in [0.15, 0.2) is 5.65 Å². The summed E-state index contributed by atoms with van der Waals surface area (Å²) in [5.74, 6) is 1.06.